The van der Waals surface area contributed by atoms with Gasteiger partial charge in [-0.2, -0.15) is 0 Å². The Morgan fingerprint density at radius 2 is 1.47 bits per heavy atom. The molecule has 3 atom stereocenters. The number of carboxylic acids is 1. The van der Waals surface area contributed by atoms with Gasteiger partial charge in [-0.25, -0.2) is 4.57 Å². The molecular formula is C24H46NO8P. The summed E-state index contributed by atoms with van der Waals surface area (Å²) in [6.45, 7) is 3.38. The zero-order valence-electron chi connectivity index (χ0n) is 21.0. The van der Waals surface area contributed by atoms with Gasteiger partial charge in [-0.05, 0) is 39.0 Å². The van der Waals surface area contributed by atoms with E-state index in [-0.39, 0.29) is 25.6 Å². The fourth-order valence-corrected chi connectivity index (χ4v) is 4.14. The van der Waals surface area contributed by atoms with Gasteiger partial charge in [0, 0.05) is 12.8 Å². The van der Waals surface area contributed by atoms with E-state index in [1.54, 1.807) is 0 Å². The SMILES string of the molecule is CCCCCCC/C=C/CCCCCCCC(=O)OCCCOP(=O)(O)O[C@@H](C)[C@@H](N)C(=O)O. The molecule has 0 radical (unpaired) electrons. The predicted molar refractivity (Wildman–Crippen MR) is 132 cm³/mol. The lowest BCUT2D eigenvalue weighted by Gasteiger charge is -2.19. The lowest BCUT2D eigenvalue weighted by atomic mass is 10.1. The average molecular weight is 508 g/mol. The quantitative estimate of drug-likeness (QED) is 0.0706. The summed E-state index contributed by atoms with van der Waals surface area (Å²) in [7, 11) is -4.44. The van der Waals surface area contributed by atoms with E-state index in [2.05, 4.69) is 19.1 Å². The van der Waals surface area contributed by atoms with Crippen LogP contribution in [0.15, 0.2) is 12.2 Å². The van der Waals surface area contributed by atoms with Crippen LogP contribution in [0, 0.1) is 0 Å². The largest absolute Gasteiger partial charge is 0.480 e. The van der Waals surface area contributed by atoms with Crippen LogP contribution in [0.3, 0.4) is 0 Å². The molecule has 4 N–H and O–H groups in total. The van der Waals surface area contributed by atoms with Crippen LogP contribution in [0.25, 0.3) is 0 Å². The van der Waals surface area contributed by atoms with Gasteiger partial charge in [-0.3, -0.25) is 18.6 Å². The van der Waals surface area contributed by atoms with Gasteiger partial charge in [0.2, 0.25) is 0 Å². The van der Waals surface area contributed by atoms with E-state index < -0.39 is 25.9 Å². The van der Waals surface area contributed by atoms with Gasteiger partial charge in [-0.15, -0.1) is 0 Å². The van der Waals surface area contributed by atoms with Crippen molar-refractivity contribution in [1.82, 2.24) is 0 Å². The highest BCUT2D eigenvalue weighted by atomic mass is 31.2. The Morgan fingerprint density at radius 3 is 2.06 bits per heavy atom. The molecular weight excluding hydrogens is 461 g/mol. The third-order valence-electron chi connectivity index (χ3n) is 5.29. The number of nitrogens with two attached hydrogens (primary N) is 1. The first kappa shape index (κ1) is 32.8. The molecule has 10 heteroatoms. The molecule has 1 unspecified atom stereocenters. The number of hydrogen-bond acceptors (Lipinski definition) is 7. The van der Waals surface area contributed by atoms with Crippen LogP contribution < -0.4 is 5.73 Å². The monoisotopic (exact) mass is 507 g/mol. The molecule has 0 amide bonds. The number of hydrogen-bond donors (Lipinski definition) is 3. The summed E-state index contributed by atoms with van der Waals surface area (Å²) < 4.78 is 26.3. The van der Waals surface area contributed by atoms with E-state index in [9.17, 15) is 19.0 Å². The molecule has 0 aromatic carbocycles. The van der Waals surface area contributed by atoms with E-state index in [1.165, 1.54) is 51.9 Å². The summed E-state index contributed by atoms with van der Waals surface area (Å²) in [6, 6.07) is -1.45. The summed E-state index contributed by atoms with van der Waals surface area (Å²) in [5, 5.41) is 8.76. The van der Waals surface area contributed by atoms with Crippen molar-refractivity contribution in [3.8, 4) is 0 Å². The maximum absolute atomic E-state index is 11.8. The first-order valence-corrected chi connectivity index (χ1v) is 14.1. The summed E-state index contributed by atoms with van der Waals surface area (Å²) in [6.07, 6.45) is 18.1. The lowest BCUT2D eigenvalue weighted by Crippen LogP contribution is -2.41. The number of ether oxygens (including phenoxy) is 1. The van der Waals surface area contributed by atoms with E-state index in [1.807, 2.05) is 0 Å². The number of aliphatic carboxylic acids is 1. The normalized spacial score (nSPS) is 15.2. The Labute approximate surface area is 205 Å². The minimum atomic E-state index is -4.44. The Morgan fingerprint density at radius 1 is 0.912 bits per heavy atom. The molecule has 0 aliphatic carbocycles. The van der Waals surface area contributed by atoms with E-state index in [0.717, 1.165) is 32.1 Å². The zero-order chi connectivity index (χ0) is 25.7. The Hall–Kier alpha value is -1.25. The topological polar surface area (TPSA) is 145 Å². The number of carboxylic acid groups (broad SMARTS) is 1. The highest BCUT2D eigenvalue weighted by molar-refractivity contribution is 7.47. The van der Waals surface area contributed by atoms with Crippen LogP contribution in [0.2, 0.25) is 0 Å². The molecule has 0 heterocycles. The average Bonchev–Trinajstić information content (AvgIpc) is 2.78. The smallest absolute Gasteiger partial charge is 0.472 e. The highest BCUT2D eigenvalue weighted by Crippen LogP contribution is 2.44. The van der Waals surface area contributed by atoms with Gasteiger partial charge in [0.1, 0.15) is 6.04 Å². The van der Waals surface area contributed by atoms with Gasteiger partial charge in [0.25, 0.3) is 0 Å². The molecule has 0 rings (SSSR count). The molecule has 0 aliphatic heterocycles. The molecule has 0 saturated carbocycles. The summed E-state index contributed by atoms with van der Waals surface area (Å²) >= 11 is 0. The number of phosphoric acid groups is 1. The van der Waals surface area contributed by atoms with Gasteiger partial charge in [0.05, 0.1) is 19.3 Å². The number of carbonyl (C=O) groups is 2. The third-order valence-corrected chi connectivity index (χ3v) is 6.40. The molecule has 0 aromatic rings. The molecule has 0 aromatic heterocycles. The summed E-state index contributed by atoms with van der Waals surface area (Å²) in [4.78, 5) is 32.0. The molecule has 34 heavy (non-hydrogen) atoms. The first-order valence-electron chi connectivity index (χ1n) is 12.6. The number of phosphoric ester groups is 1. The Balaban J connectivity index is 3.58. The third kappa shape index (κ3) is 20.2. The molecule has 0 aliphatic rings. The second-order valence-corrected chi connectivity index (χ2v) is 9.94. The standard InChI is InChI=1S/C24H46NO8P/c1-3-4-5-6-7-8-9-10-11-12-13-14-15-16-18-22(26)31-19-17-20-32-34(29,30)33-21(2)23(25)24(27)28/h9-10,21,23H,3-8,11-20,25H2,1-2H3,(H,27,28)(H,29,30)/b10-9+/t21-,23+/m0/s1. The Bertz CT molecular complexity index is 614. The second kappa shape index (κ2) is 21.1. The van der Waals surface area contributed by atoms with Crippen molar-refractivity contribution in [3.05, 3.63) is 12.2 Å². The number of allylic oxidation sites excluding steroid dienone is 2. The van der Waals surface area contributed by atoms with Crippen molar-refractivity contribution in [3.63, 3.8) is 0 Å². The zero-order valence-corrected chi connectivity index (χ0v) is 21.9. The predicted octanol–water partition coefficient (Wildman–Crippen LogP) is 5.50. The van der Waals surface area contributed by atoms with Crippen LogP contribution >= 0.6 is 7.82 Å². The maximum Gasteiger partial charge on any atom is 0.472 e. The van der Waals surface area contributed by atoms with Crippen LogP contribution in [-0.2, 0) is 27.9 Å². The molecule has 0 bridgehead atoms. The minimum Gasteiger partial charge on any atom is -0.480 e. The number of esters is 1. The lowest BCUT2D eigenvalue weighted by molar-refractivity contribution is -0.144. The van der Waals surface area contributed by atoms with Crippen molar-refractivity contribution in [2.24, 2.45) is 5.73 Å². The minimum absolute atomic E-state index is 0.0635. The number of rotatable bonds is 23. The van der Waals surface area contributed by atoms with Crippen molar-refractivity contribution in [2.75, 3.05) is 13.2 Å². The molecule has 200 valence electrons. The maximum atomic E-state index is 11.8. The van der Waals surface area contributed by atoms with Crippen molar-refractivity contribution < 1.29 is 37.9 Å². The molecule has 0 spiro atoms. The highest BCUT2D eigenvalue weighted by Gasteiger charge is 2.30. The van der Waals surface area contributed by atoms with Crippen LogP contribution in [-0.4, -0.2) is 47.3 Å². The van der Waals surface area contributed by atoms with E-state index in [4.69, 9.17) is 24.6 Å². The summed E-state index contributed by atoms with van der Waals surface area (Å²) in [5.74, 6) is -1.65. The van der Waals surface area contributed by atoms with Crippen LogP contribution in [0.4, 0.5) is 0 Å². The van der Waals surface area contributed by atoms with Gasteiger partial charge in [-0.1, -0.05) is 64.0 Å². The molecule has 0 saturated heterocycles. The van der Waals surface area contributed by atoms with Crippen molar-refractivity contribution in [2.45, 2.75) is 116 Å². The number of carbonyl (C=O) groups excluding carboxylic acids is 1. The fraction of sp³-hybridized carbons (Fsp3) is 0.833. The number of unbranched alkanes of at least 4 members (excludes halogenated alkanes) is 10. The van der Waals surface area contributed by atoms with E-state index in [0.29, 0.717) is 6.42 Å². The van der Waals surface area contributed by atoms with Crippen molar-refractivity contribution >= 4 is 19.8 Å². The van der Waals surface area contributed by atoms with Crippen LogP contribution in [0.5, 0.6) is 0 Å². The van der Waals surface area contributed by atoms with Gasteiger partial charge >= 0.3 is 19.8 Å². The molecule has 9 nitrogen and oxygen atoms in total. The first-order chi connectivity index (χ1) is 16.2. The van der Waals surface area contributed by atoms with Crippen LogP contribution in [0.1, 0.15) is 104 Å². The fourth-order valence-electron chi connectivity index (χ4n) is 3.17. The van der Waals surface area contributed by atoms with Gasteiger partial charge < -0.3 is 20.5 Å². The molecule has 0 fully saturated rings. The van der Waals surface area contributed by atoms with E-state index >= 15 is 0 Å². The second-order valence-electron chi connectivity index (χ2n) is 8.53. The van der Waals surface area contributed by atoms with Crippen molar-refractivity contribution in [1.29, 1.82) is 0 Å². The summed E-state index contributed by atoms with van der Waals surface area (Å²) in [5.41, 5.74) is 5.32. The van der Waals surface area contributed by atoms with Gasteiger partial charge in [0.15, 0.2) is 0 Å². The Kier molecular flexibility index (Phi) is 20.3.